The van der Waals surface area contributed by atoms with Crippen LogP contribution < -0.4 is 14.6 Å². The van der Waals surface area contributed by atoms with Crippen LogP contribution in [-0.4, -0.2) is 115 Å². The Morgan fingerprint density at radius 1 is 0.810 bits per heavy atom. The molecular formula is C44H48ClN2O15P. The minimum atomic E-state index is -5.34. The van der Waals surface area contributed by atoms with E-state index in [0.29, 0.717) is 16.1 Å². The number of ether oxygens (including phenoxy) is 4. The van der Waals surface area contributed by atoms with Gasteiger partial charge in [0.25, 0.3) is 0 Å². The zero-order valence-electron chi connectivity index (χ0n) is 34.0. The summed E-state index contributed by atoms with van der Waals surface area (Å²) in [6.07, 6.45) is -11.0. The maximum absolute atomic E-state index is 13.8. The zero-order chi connectivity index (χ0) is 45.0. The number of phosphoric acid groups is 1. The van der Waals surface area contributed by atoms with Gasteiger partial charge in [0.05, 0.1) is 11.8 Å². The molecule has 10 unspecified atom stereocenters. The van der Waals surface area contributed by atoms with Gasteiger partial charge in [0, 0.05) is 22.6 Å². The molecule has 0 aromatic heterocycles. The Hall–Kier alpha value is -4.72. The van der Waals surface area contributed by atoms with E-state index in [1.54, 1.807) is 36.4 Å². The molecule has 0 radical (unpaired) electrons. The summed E-state index contributed by atoms with van der Waals surface area (Å²) in [6, 6.07) is 25.1. The van der Waals surface area contributed by atoms with Gasteiger partial charge in [0.1, 0.15) is 62.2 Å². The van der Waals surface area contributed by atoms with Crippen molar-refractivity contribution in [3.8, 4) is 11.5 Å². The predicted molar refractivity (Wildman–Crippen MR) is 226 cm³/mol. The molecule has 4 aromatic carbocycles. The molecule has 0 bridgehead atoms. The molecule has 1 saturated carbocycles. The summed E-state index contributed by atoms with van der Waals surface area (Å²) in [6.45, 7) is 2.80. The molecule has 0 spiro atoms. The number of aliphatic hydroxyl groups is 5. The van der Waals surface area contributed by atoms with Crippen LogP contribution in [0.3, 0.4) is 0 Å². The van der Waals surface area contributed by atoms with E-state index in [-0.39, 0.29) is 48.8 Å². The standard InChI is InChI=1S/C44H48ClN2O15P/c1-23(43(53)46-33-34(48)36(50)42-41(35(33)49)57-22-58-42)16-28-20-32(62-63(54,55)56)40(31(19-26-12-7-4-8-13-26)30(28)18-25-10-5-3-6-11-25)61-44-38(52)37(51)39(60-44)24(2)47-59-21-27-14-9-15-29(45)17-27/h3-17,20,33-39,41-42,44,48-52H,18-19,21-22H2,1-2H3,(H,46,53)(H2,54,55,56)/b23-16?,47-24-. The van der Waals surface area contributed by atoms with Crippen molar-refractivity contribution in [1.29, 1.82) is 0 Å². The molecule has 1 amide bonds. The van der Waals surface area contributed by atoms with E-state index in [1.807, 2.05) is 48.5 Å². The molecule has 19 heteroatoms. The Labute approximate surface area is 367 Å². The van der Waals surface area contributed by atoms with Crippen molar-refractivity contribution in [3.05, 3.63) is 135 Å². The second-order valence-electron chi connectivity index (χ2n) is 15.5. The van der Waals surface area contributed by atoms with Crippen LogP contribution in [0.1, 0.15) is 47.2 Å². The molecule has 4 aromatic rings. The summed E-state index contributed by atoms with van der Waals surface area (Å²) in [5.41, 5.74) is 3.53. The number of benzene rings is 4. The number of aliphatic hydroxyl groups excluding tert-OH is 5. The molecule has 2 saturated heterocycles. The average Bonchev–Trinajstić information content (AvgIpc) is 3.86. The molecule has 3 aliphatic rings. The summed E-state index contributed by atoms with van der Waals surface area (Å²) >= 11 is 6.08. The van der Waals surface area contributed by atoms with E-state index in [9.17, 15) is 44.7 Å². The molecule has 3 fully saturated rings. The second-order valence-corrected chi connectivity index (χ2v) is 17.1. The highest BCUT2D eigenvalue weighted by molar-refractivity contribution is 7.46. The van der Waals surface area contributed by atoms with Crippen molar-refractivity contribution >= 4 is 37.1 Å². The van der Waals surface area contributed by atoms with Gasteiger partial charge in [-0.15, -0.1) is 0 Å². The highest BCUT2D eigenvalue weighted by atomic mass is 35.5. The Morgan fingerprint density at radius 2 is 1.43 bits per heavy atom. The average molecular weight is 911 g/mol. The fraction of sp³-hybridized carbons (Fsp3) is 0.364. The normalized spacial score (nSPS) is 27.5. The fourth-order valence-corrected chi connectivity index (χ4v) is 8.42. The molecule has 2 heterocycles. The van der Waals surface area contributed by atoms with Crippen LogP contribution in [0.5, 0.6) is 11.5 Å². The van der Waals surface area contributed by atoms with Crippen molar-refractivity contribution in [2.24, 2.45) is 5.16 Å². The first-order valence-electron chi connectivity index (χ1n) is 20.0. The zero-order valence-corrected chi connectivity index (χ0v) is 35.7. The van der Waals surface area contributed by atoms with Crippen LogP contribution in [0.15, 0.2) is 102 Å². The Morgan fingerprint density at radius 3 is 2.06 bits per heavy atom. The monoisotopic (exact) mass is 910 g/mol. The van der Waals surface area contributed by atoms with Gasteiger partial charge in [-0.1, -0.05) is 89.6 Å². The van der Waals surface area contributed by atoms with Crippen LogP contribution in [0.2, 0.25) is 5.02 Å². The molecule has 1 aliphatic carbocycles. The number of nitrogens with one attached hydrogen (secondary N) is 1. The number of carbonyl (C=O) groups is 1. The lowest BCUT2D eigenvalue weighted by molar-refractivity contribution is -0.155. The third kappa shape index (κ3) is 11.0. The molecular weight excluding hydrogens is 863 g/mol. The summed E-state index contributed by atoms with van der Waals surface area (Å²) in [5, 5.41) is 62.3. The van der Waals surface area contributed by atoms with Crippen LogP contribution >= 0.6 is 19.4 Å². The van der Waals surface area contributed by atoms with E-state index in [0.717, 1.165) is 16.7 Å². The largest absolute Gasteiger partial charge is 0.524 e. The molecule has 10 atom stereocenters. The van der Waals surface area contributed by atoms with Crippen LogP contribution in [0, 0.1) is 0 Å². The summed E-state index contributed by atoms with van der Waals surface area (Å²) in [4.78, 5) is 39.8. The van der Waals surface area contributed by atoms with Gasteiger partial charge in [-0.3, -0.25) is 14.6 Å². The molecule has 17 nitrogen and oxygen atoms in total. The van der Waals surface area contributed by atoms with Crippen LogP contribution in [0.25, 0.3) is 6.08 Å². The first-order valence-corrected chi connectivity index (χ1v) is 21.9. The highest BCUT2D eigenvalue weighted by Crippen LogP contribution is 2.48. The third-order valence-electron chi connectivity index (χ3n) is 11.0. The summed E-state index contributed by atoms with van der Waals surface area (Å²) in [5.74, 6) is -1.47. The Bertz CT molecular complexity index is 2350. The first-order chi connectivity index (χ1) is 30.1. The van der Waals surface area contributed by atoms with Crippen molar-refractivity contribution < 1.29 is 73.0 Å². The van der Waals surface area contributed by atoms with Crippen LogP contribution in [0.4, 0.5) is 0 Å². The summed E-state index contributed by atoms with van der Waals surface area (Å²) in [7, 11) is -5.34. The summed E-state index contributed by atoms with van der Waals surface area (Å²) < 4.78 is 41.0. The number of halogens is 1. The number of fused-ring (bicyclic) bond motifs is 1. The van der Waals surface area contributed by atoms with Crippen LogP contribution in [-0.2, 0) is 47.9 Å². The number of oxime groups is 1. The van der Waals surface area contributed by atoms with Gasteiger partial charge in [-0.2, -0.15) is 0 Å². The Kier molecular flexibility index (Phi) is 14.7. The third-order valence-corrected chi connectivity index (χ3v) is 11.7. The number of carbonyl (C=O) groups excluding carboxylic acids is 1. The highest BCUT2D eigenvalue weighted by Gasteiger charge is 2.53. The maximum atomic E-state index is 13.8. The minimum absolute atomic E-state index is 0.0261. The quantitative estimate of drug-likeness (QED) is 0.0369. The fourth-order valence-electron chi connectivity index (χ4n) is 7.82. The van der Waals surface area contributed by atoms with E-state index < -0.39 is 80.6 Å². The van der Waals surface area contributed by atoms with Gasteiger partial charge < -0.3 is 59.2 Å². The van der Waals surface area contributed by atoms with Crippen molar-refractivity contribution in [3.63, 3.8) is 0 Å². The maximum Gasteiger partial charge on any atom is 0.524 e. The molecule has 7 rings (SSSR count). The van der Waals surface area contributed by atoms with Crippen molar-refractivity contribution in [1.82, 2.24) is 5.32 Å². The lowest BCUT2D eigenvalue weighted by Crippen LogP contribution is -2.67. The van der Waals surface area contributed by atoms with Crippen molar-refractivity contribution in [2.45, 2.75) is 94.5 Å². The SMILES string of the molecule is CC(=Cc1cc(OP(=O)(O)O)c(OC2OC(/C(C)=N\OCc3cccc(Cl)c3)C(O)C2O)c(Cc2ccccc2)c1Cc1ccccc1)C(=O)NC1C(O)C(O)C2OCOC2C1O. The van der Waals surface area contributed by atoms with Gasteiger partial charge >= 0.3 is 7.82 Å². The number of hydrogen-bond donors (Lipinski definition) is 8. The van der Waals surface area contributed by atoms with Gasteiger partial charge in [-0.25, -0.2) is 4.57 Å². The lowest BCUT2D eigenvalue weighted by atomic mass is 9.83. The van der Waals surface area contributed by atoms with E-state index in [4.69, 9.17) is 39.9 Å². The van der Waals surface area contributed by atoms with Crippen molar-refractivity contribution in [2.75, 3.05) is 6.79 Å². The van der Waals surface area contributed by atoms with Gasteiger partial charge in [0.2, 0.25) is 12.2 Å². The minimum Gasteiger partial charge on any atom is -0.458 e. The topological polar surface area (TPSA) is 256 Å². The molecule has 63 heavy (non-hydrogen) atoms. The lowest BCUT2D eigenvalue weighted by Gasteiger charge is -2.41. The predicted octanol–water partition coefficient (Wildman–Crippen LogP) is 3.14. The Balaban J connectivity index is 1.28. The smallest absolute Gasteiger partial charge is 0.458 e. The molecule has 336 valence electrons. The first kappa shape index (κ1) is 46.3. The number of nitrogens with zero attached hydrogens (tertiary/aromatic N) is 1. The second kappa shape index (κ2) is 20.0. The van der Waals surface area contributed by atoms with Gasteiger partial charge in [0.15, 0.2) is 11.5 Å². The van der Waals surface area contributed by atoms with E-state index in [1.165, 1.54) is 26.0 Å². The van der Waals surface area contributed by atoms with E-state index >= 15 is 0 Å². The number of rotatable bonds is 15. The van der Waals surface area contributed by atoms with Gasteiger partial charge in [-0.05, 0) is 72.4 Å². The number of hydrogen-bond acceptors (Lipinski definition) is 14. The van der Waals surface area contributed by atoms with E-state index in [2.05, 4.69) is 10.5 Å². The molecule has 8 N–H and O–H groups in total. The number of amides is 1. The number of phosphoric ester groups is 1. The molecule has 2 aliphatic heterocycles.